The van der Waals surface area contributed by atoms with Crippen LogP contribution < -0.4 is 10.6 Å². The first-order valence-corrected chi connectivity index (χ1v) is 18.4. The minimum atomic E-state index is -0.0573. The predicted octanol–water partition coefficient (Wildman–Crippen LogP) is 11.4. The highest BCUT2D eigenvalue weighted by Gasteiger charge is 2.45. The van der Waals surface area contributed by atoms with Gasteiger partial charge in [0.05, 0.1) is 0 Å². The number of anilines is 1. The van der Waals surface area contributed by atoms with Gasteiger partial charge in [-0.2, -0.15) is 0 Å². The molecular weight excluding hydrogens is 593 g/mol. The van der Waals surface area contributed by atoms with Gasteiger partial charge in [-0.3, -0.25) is 0 Å². The Morgan fingerprint density at radius 2 is 1.63 bits per heavy atom. The first-order valence-electron chi connectivity index (χ1n) is 18.4. The summed E-state index contributed by atoms with van der Waals surface area (Å²) < 4.78 is 0. The van der Waals surface area contributed by atoms with Crippen LogP contribution in [-0.2, 0) is 0 Å². The van der Waals surface area contributed by atoms with Crippen molar-refractivity contribution in [1.29, 1.82) is 0 Å². The number of rotatable bonds is 6. The minimum absolute atomic E-state index is 0.0573. The van der Waals surface area contributed by atoms with Gasteiger partial charge in [0, 0.05) is 46.3 Å². The standard InChI is InChI=1S/C47H46N2/c1-47(2)42-28-34-27-33-19-9-10-22-38(33)46(49-45-24-14-12-21-37(45)32-17-7-4-8-18-32)40(34)30-41(42)39-26-25-35(29-43(39)47)48-44-23-13-11-20-36(44)31-15-5-3-6-16-31/h3,5,7,9-15,17-24,27-30,37,40,45-46,48-49H,4,6,8,16,25-26H2,1-2H3. The van der Waals surface area contributed by atoms with Gasteiger partial charge in [0.15, 0.2) is 0 Å². The lowest BCUT2D eigenvalue weighted by atomic mass is 9.70. The molecule has 0 aromatic heterocycles. The van der Waals surface area contributed by atoms with Crippen molar-refractivity contribution in [3.8, 4) is 0 Å². The first kappa shape index (κ1) is 30.4. The second-order valence-corrected chi connectivity index (χ2v) is 15.1. The van der Waals surface area contributed by atoms with Crippen LogP contribution in [0.15, 0.2) is 167 Å². The highest BCUT2D eigenvalue weighted by Crippen LogP contribution is 2.58. The van der Waals surface area contributed by atoms with Crippen molar-refractivity contribution in [3.05, 3.63) is 183 Å². The van der Waals surface area contributed by atoms with E-state index >= 15 is 0 Å². The molecule has 0 bridgehead atoms. The van der Waals surface area contributed by atoms with Gasteiger partial charge in [-0.1, -0.05) is 135 Å². The van der Waals surface area contributed by atoms with Crippen molar-refractivity contribution in [2.75, 3.05) is 5.32 Å². The molecule has 2 N–H and O–H groups in total. The molecule has 0 heterocycles. The summed E-state index contributed by atoms with van der Waals surface area (Å²) in [5.41, 5.74) is 16.8. The van der Waals surface area contributed by atoms with Gasteiger partial charge in [0.25, 0.3) is 0 Å². The fourth-order valence-corrected chi connectivity index (χ4v) is 9.26. The summed E-state index contributed by atoms with van der Waals surface area (Å²) in [6, 6.07) is 18.3. The molecule has 2 nitrogen and oxygen atoms in total. The van der Waals surface area contributed by atoms with E-state index in [9.17, 15) is 0 Å². The summed E-state index contributed by atoms with van der Waals surface area (Å²) in [4.78, 5) is 0. The van der Waals surface area contributed by atoms with Crippen LogP contribution in [0.4, 0.5) is 5.69 Å². The summed E-state index contributed by atoms with van der Waals surface area (Å²) in [5.74, 6) is 0.621. The Morgan fingerprint density at radius 3 is 2.51 bits per heavy atom. The molecule has 0 saturated carbocycles. The van der Waals surface area contributed by atoms with Gasteiger partial charge in [0.1, 0.15) is 0 Å². The second kappa shape index (κ2) is 12.3. The van der Waals surface area contributed by atoms with Crippen molar-refractivity contribution in [2.24, 2.45) is 17.3 Å². The fourth-order valence-electron chi connectivity index (χ4n) is 9.26. The van der Waals surface area contributed by atoms with E-state index in [1.54, 1.807) is 5.57 Å². The summed E-state index contributed by atoms with van der Waals surface area (Å²) >= 11 is 0. The first-order chi connectivity index (χ1) is 24.0. The van der Waals surface area contributed by atoms with E-state index in [0.717, 1.165) is 38.5 Å². The quantitative estimate of drug-likeness (QED) is 0.329. The lowest BCUT2D eigenvalue weighted by Gasteiger charge is -2.40. The molecule has 2 aromatic rings. The summed E-state index contributed by atoms with van der Waals surface area (Å²) in [6.07, 6.45) is 39.8. The Labute approximate surface area is 292 Å². The van der Waals surface area contributed by atoms with Gasteiger partial charge in [-0.15, -0.1) is 0 Å². The molecule has 2 aromatic carbocycles. The van der Waals surface area contributed by atoms with Crippen molar-refractivity contribution in [3.63, 3.8) is 0 Å². The van der Waals surface area contributed by atoms with Gasteiger partial charge in [-0.05, 0) is 101 Å². The molecule has 0 fully saturated rings. The number of fused-ring (bicyclic) bond motifs is 4. The average Bonchev–Trinajstić information content (AvgIpc) is 3.36. The molecule has 7 aliphatic carbocycles. The number of nitrogens with one attached hydrogen (secondary N) is 2. The lowest BCUT2D eigenvalue weighted by molar-refractivity contribution is 0.391. The molecule has 244 valence electrons. The molecular formula is C47H46N2. The van der Waals surface area contributed by atoms with Gasteiger partial charge < -0.3 is 10.6 Å². The summed E-state index contributed by atoms with van der Waals surface area (Å²) in [7, 11) is 0. The summed E-state index contributed by atoms with van der Waals surface area (Å²) in [5, 5.41) is 8.13. The van der Waals surface area contributed by atoms with E-state index in [4.69, 9.17) is 0 Å². The van der Waals surface area contributed by atoms with Gasteiger partial charge in [-0.25, -0.2) is 0 Å². The van der Waals surface area contributed by atoms with E-state index < -0.39 is 0 Å². The Bertz CT molecular complexity index is 2060. The second-order valence-electron chi connectivity index (χ2n) is 15.1. The van der Waals surface area contributed by atoms with Crippen LogP contribution in [0.1, 0.15) is 75.1 Å². The van der Waals surface area contributed by atoms with Crippen LogP contribution in [0.25, 0.3) is 11.6 Å². The van der Waals surface area contributed by atoms with Crippen molar-refractivity contribution in [1.82, 2.24) is 5.32 Å². The highest BCUT2D eigenvalue weighted by molar-refractivity contribution is 5.80. The maximum absolute atomic E-state index is 4.23. The molecule has 0 aliphatic heterocycles. The molecule has 0 spiro atoms. The zero-order valence-electron chi connectivity index (χ0n) is 28.8. The Hall–Kier alpha value is -4.66. The molecule has 0 saturated heterocycles. The molecule has 0 amide bonds. The zero-order valence-corrected chi connectivity index (χ0v) is 28.8. The average molecular weight is 639 g/mol. The number of benzene rings is 2. The van der Waals surface area contributed by atoms with E-state index in [-0.39, 0.29) is 23.4 Å². The number of hydrogen-bond acceptors (Lipinski definition) is 2. The maximum atomic E-state index is 4.23. The third kappa shape index (κ3) is 5.38. The topological polar surface area (TPSA) is 24.1 Å². The SMILES string of the molecule is CC1(C)C2=CC3=Cc4ccccc4C(NC4C=CC=CC4C4=CCCC=C4)C3C=C2C2=C1C=C(Nc1ccccc1C1=CC=CCC1)CC2. The number of para-hydroxylation sites is 1. The van der Waals surface area contributed by atoms with E-state index in [2.05, 4.69) is 158 Å². The van der Waals surface area contributed by atoms with Gasteiger partial charge in [0.2, 0.25) is 0 Å². The molecule has 4 atom stereocenters. The molecule has 4 unspecified atom stereocenters. The van der Waals surface area contributed by atoms with Crippen LogP contribution in [-0.4, -0.2) is 6.04 Å². The van der Waals surface area contributed by atoms with Crippen LogP contribution in [0.3, 0.4) is 0 Å². The molecule has 0 radical (unpaired) electrons. The Balaban J connectivity index is 1.06. The number of allylic oxidation sites excluding steroid dienone is 16. The van der Waals surface area contributed by atoms with E-state index in [1.165, 1.54) is 61.5 Å². The fraction of sp³-hybridized carbons (Fsp3) is 0.277. The third-order valence-electron chi connectivity index (χ3n) is 11.8. The number of hydrogen-bond donors (Lipinski definition) is 2. The van der Waals surface area contributed by atoms with Crippen LogP contribution >= 0.6 is 0 Å². The minimum Gasteiger partial charge on any atom is -0.358 e. The van der Waals surface area contributed by atoms with Crippen LogP contribution in [0, 0.1) is 17.3 Å². The van der Waals surface area contributed by atoms with E-state index in [0.29, 0.717) is 5.92 Å². The highest BCUT2D eigenvalue weighted by atomic mass is 15.0. The van der Waals surface area contributed by atoms with Gasteiger partial charge >= 0.3 is 0 Å². The molecule has 49 heavy (non-hydrogen) atoms. The molecule has 9 rings (SSSR count). The lowest BCUT2D eigenvalue weighted by Crippen LogP contribution is -2.42. The van der Waals surface area contributed by atoms with Crippen LogP contribution in [0.2, 0.25) is 0 Å². The van der Waals surface area contributed by atoms with Crippen molar-refractivity contribution in [2.45, 2.75) is 64.5 Å². The van der Waals surface area contributed by atoms with Crippen molar-refractivity contribution < 1.29 is 0 Å². The molecule has 2 heteroatoms. The van der Waals surface area contributed by atoms with Crippen molar-refractivity contribution >= 4 is 17.3 Å². The summed E-state index contributed by atoms with van der Waals surface area (Å²) in [6.45, 7) is 4.87. The predicted molar refractivity (Wildman–Crippen MR) is 207 cm³/mol. The molecule has 7 aliphatic rings. The van der Waals surface area contributed by atoms with E-state index in [1.807, 2.05) is 0 Å². The Kier molecular flexibility index (Phi) is 7.66. The van der Waals surface area contributed by atoms with Crippen LogP contribution in [0.5, 0.6) is 0 Å². The largest absolute Gasteiger partial charge is 0.358 e. The monoisotopic (exact) mass is 638 g/mol. The third-order valence-corrected chi connectivity index (χ3v) is 11.8. The Morgan fingerprint density at radius 1 is 0.755 bits per heavy atom. The zero-order chi connectivity index (χ0) is 33.0. The maximum Gasteiger partial charge on any atom is 0.0458 e. The smallest absolute Gasteiger partial charge is 0.0458 e. The normalized spacial score (nSPS) is 27.5.